The second-order valence-electron chi connectivity index (χ2n) is 5.61. The molecule has 2 aromatic carbocycles. The molecule has 0 fully saturated rings. The van der Waals surface area contributed by atoms with E-state index in [1.807, 2.05) is 6.07 Å². The van der Waals surface area contributed by atoms with Gasteiger partial charge in [0.1, 0.15) is 0 Å². The van der Waals surface area contributed by atoms with Crippen molar-refractivity contribution in [2.75, 3.05) is 12.1 Å². The molecular weight excluding hydrogens is 404 g/mol. The predicted molar refractivity (Wildman–Crippen MR) is 103 cm³/mol. The molecule has 1 aromatic heterocycles. The molecule has 0 unspecified atom stereocenters. The van der Waals surface area contributed by atoms with E-state index in [0.717, 1.165) is 5.56 Å². The number of nitrogens with zero attached hydrogens (tertiary/aromatic N) is 3. The highest BCUT2D eigenvalue weighted by atomic mass is 32.2. The fraction of sp³-hybridized carbons (Fsp3) is 0.118. The van der Waals surface area contributed by atoms with Gasteiger partial charge in [0, 0.05) is 23.4 Å². The maximum absolute atomic E-state index is 12.4. The molecule has 9 nitrogen and oxygen atoms in total. The summed E-state index contributed by atoms with van der Waals surface area (Å²) in [5.41, 5.74) is 1.28. The Morgan fingerprint density at radius 2 is 2.07 bits per heavy atom. The molecule has 28 heavy (non-hydrogen) atoms. The van der Waals surface area contributed by atoms with Crippen LogP contribution in [0.1, 0.15) is 15.9 Å². The van der Waals surface area contributed by atoms with Crippen molar-refractivity contribution in [3.05, 3.63) is 63.7 Å². The molecule has 0 saturated heterocycles. The third-order valence-electron chi connectivity index (χ3n) is 3.75. The quantitative estimate of drug-likeness (QED) is 0.280. The highest BCUT2D eigenvalue weighted by Crippen LogP contribution is 2.33. The zero-order valence-electron chi connectivity index (χ0n) is 14.2. The van der Waals surface area contributed by atoms with E-state index >= 15 is 0 Å². The third-order valence-corrected chi connectivity index (χ3v) is 5.79. The van der Waals surface area contributed by atoms with Crippen molar-refractivity contribution < 1.29 is 19.2 Å². The van der Waals surface area contributed by atoms with Gasteiger partial charge in [-0.15, -0.1) is 10.2 Å². The molecule has 0 aliphatic carbocycles. The standard InChI is InChI=1S/C17H12N4O5S2/c22-15(11-4-5-13-14(7-11)26-9-25-13)18-16-19-20-17(28-16)27-8-10-2-1-3-12(6-10)21(23)24/h1-7H,8-9H2,(H,18,19,22). The van der Waals surface area contributed by atoms with Crippen LogP contribution < -0.4 is 14.8 Å². The molecule has 11 heteroatoms. The Morgan fingerprint density at radius 1 is 1.21 bits per heavy atom. The highest BCUT2D eigenvalue weighted by molar-refractivity contribution is 8.00. The molecule has 0 saturated carbocycles. The number of nitro benzene ring substituents is 1. The van der Waals surface area contributed by atoms with Crippen LogP contribution in [0, 0.1) is 10.1 Å². The van der Waals surface area contributed by atoms with E-state index in [1.54, 1.807) is 24.3 Å². The summed E-state index contributed by atoms with van der Waals surface area (Å²) in [6, 6.07) is 11.4. The SMILES string of the molecule is O=C(Nc1nnc(SCc2cccc([N+](=O)[O-])c2)s1)c1ccc2c(c1)OCO2. The smallest absolute Gasteiger partial charge is 0.269 e. The van der Waals surface area contributed by atoms with Crippen molar-refractivity contribution in [3.8, 4) is 11.5 Å². The van der Waals surface area contributed by atoms with Crippen LogP contribution in [-0.4, -0.2) is 27.8 Å². The predicted octanol–water partition coefficient (Wildman–Crippen LogP) is 3.72. The maximum Gasteiger partial charge on any atom is 0.269 e. The van der Waals surface area contributed by atoms with E-state index in [0.29, 0.717) is 32.3 Å². The molecular formula is C17H12N4O5S2. The van der Waals surface area contributed by atoms with Gasteiger partial charge in [-0.05, 0) is 23.8 Å². The van der Waals surface area contributed by atoms with Crippen LogP contribution in [-0.2, 0) is 5.75 Å². The van der Waals surface area contributed by atoms with Crippen molar-refractivity contribution in [1.29, 1.82) is 0 Å². The third kappa shape index (κ3) is 4.05. The van der Waals surface area contributed by atoms with Gasteiger partial charge in [0.25, 0.3) is 11.6 Å². The number of nitro groups is 1. The molecule has 3 aromatic rings. The Labute approximate surface area is 166 Å². The Bertz CT molecular complexity index is 1060. The minimum absolute atomic E-state index is 0.0482. The minimum atomic E-state index is -0.428. The molecule has 1 aliphatic rings. The Kier molecular flexibility index (Phi) is 5.08. The lowest BCUT2D eigenvalue weighted by atomic mass is 10.2. The number of nitrogens with one attached hydrogen (secondary N) is 1. The Hall–Kier alpha value is -3.18. The zero-order valence-corrected chi connectivity index (χ0v) is 15.8. The number of benzene rings is 2. The fourth-order valence-electron chi connectivity index (χ4n) is 2.43. The van der Waals surface area contributed by atoms with Crippen molar-refractivity contribution in [3.63, 3.8) is 0 Å². The Balaban J connectivity index is 1.37. The molecule has 1 aliphatic heterocycles. The molecule has 0 bridgehead atoms. The number of hydrogen-bond donors (Lipinski definition) is 1. The molecule has 2 heterocycles. The van der Waals surface area contributed by atoms with Crippen LogP contribution in [0.25, 0.3) is 0 Å². The summed E-state index contributed by atoms with van der Waals surface area (Å²) < 4.78 is 11.1. The normalized spacial score (nSPS) is 12.0. The number of hydrogen-bond acceptors (Lipinski definition) is 9. The summed E-state index contributed by atoms with van der Waals surface area (Å²) in [5.74, 6) is 1.31. The number of non-ortho nitro benzene ring substituents is 1. The highest BCUT2D eigenvalue weighted by Gasteiger charge is 2.17. The zero-order chi connectivity index (χ0) is 19.5. The lowest BCUT2D eigenvalue weighted by Gasteiger charge is -2.02. The number of rotatable bonds is 6. The number of anilines is 1. The van der Waals surface area contributed by atoms with E-state index in [1.165, 1.54) is 35.2 Å². The monoisotopic (exact) mass is 416 g/mol. The summed E-state index contributed by atoms with van der Waals surface area (Å²) in [6.45, 7) is 0.141. The summed E-state index contributed by atoms with van der Waals surface area (Å²) in [4.78, 5) is 22.8. The first kappa shape index (κ1) is 18.2. The number of carbonyl (C=O) groups excluding carboxylic acids is 1. The number of thioether (sulfide) groups is 1. The number of fused-ring (bicyclic) bond motifs is 1. The average molecular weight is 416 g/mol. The van der Waals surface area contributed by atoms with Gasteiger partial charge in [-0.3, -0.25) is 20.2 Å². The molecule has 142 valence electrons. The van der Waals surface area contributed by atoms with Crippen molar-refractivity contribution in [1.82, 2.24) is 10.2 Å². The molecule has 0 atom stereocenters. The van der Waals surface area contributed by atoms with Crippen molar-refractivity contribution in [2.24, 2.45) is 0 Å². The molecule has 0 radical (unpaired) electrons. The van der Waals surface area contributed by atoms with Gasteiger partial charge in [-0.2, -0.15) is 0 Å². The van der Waals surface area contributed by atoms with E-state index in [4.69, 9.17) is 9.47 Å². The molecule has 1 N–H and O–H groups in total. The average Bonchev–Trinajstić information content (AvgIpc) is 3.35. The second-order valence-corrected chi connectivity index (χ2v) is 7.81. The van der Waals surface area contributed by atoms with E-state index in [-0.39, 0.29) is 18.4 Å². The van der Waals surface area contributed by atoms with Gasteiger partial charge in [0.2, 0.25) is 11.9 Å². The van der Waals surface area contributed by atoms with Gasteiger partial charge >= 0.3 is 0 Å². The second kappa shape index (κ2) is 7.82. The van der Waals surface area contributed by atoms with Crippen molar-refractivity contribution >= 4 is 39.8 Å². The van der Waals surface area contributed by atoms with Crippen LogP contribution in [0.4, 0.5) is 10.8 Å². The summed E-state index contributed by atoms with van der Waals surface area (Å²) in [5, 5.41) is 21.9. The first-order valence-corrected chi connectivity index (χ1v) is 9.79. The number of aromatic nitrogens is 2. The van der Waals surface area contributed by atoms with Gasteiger partial charge < -0.3 is 9.47 Å². The van der Waals surface area contributed by atoms with E-state index in [2.05, 4.69) is 15.5 Å². The maximum atomic E-state index is 12.4. The first-order chi connectivity index (χ1) is 13.6. The van der Waals surface area contributed by atoms with Crippen molar-refractivity contribution in [2.45, 2.75) is 10.1 Å². The van der Waals surface area contributed by atoms with Gasteiger partial charge in [0.05, 0.1) is 4.92 Å². The molecule has 0 spiro atoms. The van der Waals surface area contributed by atoms with Crippen LogP contribution in [0.15, 0.2) is 46.8 Å². The topological polar surface area (TPSA) is 116 Å². The van der Waals surface area contributed by atoms with Gasteiger partial charge in [-0.25, -0.2) is 0 Å². The van der Waals surface area contributed by atoms with Crippen LogP contribution in [0.5, 0.6) is 11.5 Å². The number of carbonyl (C=O) groups is 1. The summed E-state index contributed by atoms with van der Waals surface area (Å²) in [7, 11) is 0. The van der Waals surface area contributed by atoms with Crippen LogP contribution in [0.2, 0.25) is 0 Å². The summed E-state index contributed by atoms with van der Waals surface area (Å²) >= 11 is 2.62. The van der Waals surface area contributed by atoms with Crippen LogP contribution >= 0.6 is 23.1 Å². The lowest BCUT2D eigenvalue weighted by molar-refractivity contribution is -0.384. The van der Waals surface area contributed by atoms with E-state index < -0.39 is 4.92 Å². The number of ether oxygens (including phenoxy) is 2. The Morgan fingerprint density at radius 3 is 2.93 bits per heavy atom. The largest absolute Gasteiger partial charge is 0.454 e. The van der Waals surface area contributed by atoms with E-state index in [9.17, 15) is 14.9 Å². The van der Waals surface area contributed by atoms with Gasteiger partial charge in [0.15, 0.2) is 15.8 Å². The molecule has 4 rings (SSSR count). The molecule has 1 amide bonds. The minimum Gasteiger partial charge on any atom is -0.454 e. The first-order valence-electron chi connectivity index (χ1n) is 7.99. The van der Waals surface area contributed by atoms with Gasteiger partial charge in [-0.1, -0.05) is 35.2 Å². The fourth-order valence-corrected chi connectivity index (χ4v) is 4.12. The van der Waals surface area contributed by atoms with Crippen LogP contribution in [0.3, 0.4) is 0 Å². The number of amides is 1. The summed E-state index contributed by atoms with van der Waals surface area (Å²) in [6.07, 6.45) is 0. The lowest BCUT2D eigenvalue weighted by Crippen LogP contribution is -2.11.